The molecule has 1 saturated heterocycles. The van der Waals surface area contributed by atoms with Gasteiger partial charge in [-0.25, -0.2) is 5.43 Å². The van der Waals surface area contributed by atoms with Crippen molar-refractivity contribution in [2.75, 3.05) is 33.4 Å². The average Bonchev–Trinajstić information content (AvgIpc) is 2.69. The number of rotatable bonds is 6. The molecule has 1 aliphatic rings. The molecule has 0 aromatic heterocycles. The standard InChI is InChI=1S/C20H22BrN3O3/c1-26-19-7-6-18(21)12-17(19)13-22-23-20(25)16-4-2-15(3-5-16)14-24-8-10-27-11-9-24/h2-7,12-13H,8-11,14H2,1H3,(H,23,25). The van der Waals surface area contributed by atoms with Crippen LogP contribution in [-0.4, -0.2) is 50.4 Å². The van der Waals surface area contributed by atoms with Crippen LogP contribution in [0.3, 0.4) is 0 Å². The maximum atomic E-state index is 12.3. The lowest BCUT2D eigenvalue weighted by molar-refractivity contribution is 0.0342. The number of carbonyl (C=O) groups excluding carboxylic acids is 1. The summed E-state index contributed by atoms with van der Waals surface area (Å²) in [7, 11) is 1.59. The van der Waals surface area contributed by atoms with Crippen molar-refractivity contribution in [2.24, 2.45) is 5.10 Å². The van der Waals surface area contributed by atoms with Crippen LogP contribution in [0.2, 0.25) is 0 Å². The van der Waals surface area contributed by atoms with Crippen LogP contribution in [0.1, 0.15) is 21.5 Å². The van der Waals surface area contributed by atoms with Crippen LogP contribution < -0.4 is 10.2 Å². The van der Waals surface area contributed by atoms with E-state index >= 15 is 0 Å². The fraction of sp³-hybridized carbons (Fsp3) is 0.300. The summed E-state index contributed by atoms with van der Waals surface area (Å²) in [5.74, 6) is 0.432. The second kappa shape index (κ2) is 9.64. The summed E-state index contributed by atoms with van der Waals surface area (Å²) < 4.78 is 11.6. The van der Waals surface area contributed by atoms with Gasteiger partial charge in [0.1, 0.15) is 5.75 Å². The number of hydrogen-bond donors (Lipinski definition) is 1. The molecule has 1 aliphatic heterocycles. The van der Waals surface area contributed by atoms with Crippen molar-refractivity contribution >= 4 is 28.1 Å². The molecule has 2 aromatic carbocycles. The maximum Gasteiger partial charge on any atom is 0.271 e. The number of carbonyl (C=O) groups is 1. The second-order valence-corrected chi connectivity index (χ2v) is 7.09. The zero-order chi connectivity index (χ0) is 19.1. The van der Waals surface area contributed by atoms with Gasteiger partial charge in [0.25, 0.3) is 5.91 Å². The minimum Gasteiger partial charge on any atom is -0.496 e. The van der Waals surface area contributed by atoms with Crippen LogP contribution in [0.5, 0.6) is 5.75 Å². The van der Waals surface area contributed by atoms with E-state index in [0.29, 0.717) is 11.3 Å². The summed E-state index contributed by atoms with van der Waals surface area (Å²) in [5, 5.41) is 4.04. The van der Waals surface area contributed by atoms with Gasteiger partial charge in [-0.05, 0) is 35.9 Å². The molecule has 0 radical (unpaired) electrons. The van der Waals surface area contributed by atoms with Crippen LogP contribution in [0.4, 0.5) is 0 Å². The molecule has 1 fully saturated rings. The summed E-state index contributed by atoms with van der Waals surface area (Å²) in [5.41, 5.74) is 5.07. The normalized spacial score (nSPS) is 15.0. The van der Waals surface area contributed by atoms with Gasteiger partial charge in [0.15, 0.2) is 0 Å². The zero-order valence-corrected chi connectivity index (χ0v) is 16.7. The smallest absolute Gasteiger partial charge is 0.271 e. The van der Waals surface area contributed by atoms with Gasteiger partial charge in [-0.1, -0.05) is 28.1 Å². The van der Waals surface area contributed by atoms with Crippen molar-refractivity contribution in [1.29, 1.82) is 0 Å². The average molecular weight is 432 g/mol. The van der Waals surface area contributed by atoms with E-state index in [4.69, 9.17) is 9.47 Å². The first-order chi connectivity index (χ1) is 13.2. The fourth-order valence-electron chi connectivity index (χ4n) is 2.81. The van der Waals surface area contributed by atoms with E-state index < -0.39 is 0 Å². The molecule has 0 spiro atoms. The predicted molar refractivity (Wildman–Crippen MR) is 108 cm³/mol. The minimum absolute atomic E-state index is 0.252. The van der Waals surface area contributed by atoms with Gasteiger partial charge in [0.2, 0.25) is 0 Å². The Morgan fingerprint density at radius 2 is 2.00 bits per heavy atom. The first-order valence-electron chi connectivity index (χ1n) is 8.71. The third-order valence-electron chi connectivity index (χ3n) is 4.29. The molecule has 3 rings (SSSR count). The number of methoxy groups -OCH3 is 1. The molecule has 7 heteroatoms. The number of amides is 1. The van der Waals surface area contributed by atoms with Crippen LogP contribution in [-0.2, 0) is 11.3 Å². The van der Waals surface area contributed by atoms with Crippen LogP contribution >= 0.6 is 15.9 Å². The summed E-state index contributed by atoms with van der Waals surface area (Å²) in [6.45, 7) is 4.31. The molecule has 0 unspecified atom stereocenters. The van der Waals surface area contributed by atoms with Gasteiger partial charge < -0.3 is 9.47 Å². The highest BCUT2D eigenvalue weighted by Gasteiger charge is 2.11. The fourth-order valence-corrected chi connectivity index (χ4v) is 3.19. The third kappa shape index (κ3) is 5.63. The van der Waals surface area contributed by atoms with Crippen LogP contribution in [0.15, 0.2) is 52.0 Å². The van der Waals surface area contributed by atoms with Crippen molar-refractivity contribution in [3.8, 4) is 5.75 Å². The Bertz CT molecular complexity index is 803. The lowest BCUT2D eigenvalue weighted by Crippen LogP contribution is -2.35. The molecule has 0 bridgehead atoms. The van der Waals surface area contributed by atoms with E-state index in [1.165, 1.54) is 5.56 Å². The molecular formula is C20H22BrN3O3. The van der Waals surface area contributed by atoms with E-state index in [2.05, 4.69) is 31.4 Å². The molecule has 2 aromatic rings. The van der Waals surface area contributed by atoms with Crippen LogP contribution in [0, 0.1) is 0 Å². The van der Waals surface area contributed by atoms with Gasteiger partial charge in [0.05, 0.1) is 26.5 Å². The summed E-state index contributed by atoms with van der Waals surface area (Å²) in [6.07, 6.45) is 1.56. The van der Waals surface area contributed by atoms with Crippen molar-refractivity contribution in [1.82, 2.24) is 10.3 Å². The predicted octanol–water partition coefficient (Wildman–Crippen LogP) is 3.05. The van der Waals surface area contributed by atoms with Crippen molar-refractivity contribution < 1.29 is 14.3 Å². The Labute approximate surface area is 167 Å². The Morgan fingerprint density at radius 1 is 1.26 bits per heavy atom. The molecule has 0 atom stereocenters. The number of hydrazone groups is 1. The number of halogens is 1. The highest BCUT2D eigenvalue weighted by molar-refractivity contribution is 9.10. The lowest BCUT2D eigenvalue weighted by Gasteiger charge is -2.26. The number of morpholine rings is 1. The third-order valence-corrected chi connectivity index (χ3v) is 4.78. The Hall–Kier alpha value is -2.22. The number of benzene rings is 2. The molecule has 142 valence electrons. The number of ether oxygens (including phenoxy) is 2. The Kier molecular flexibility index (Phi) is 6.98. The molecule has 1 amide bonds. The number of hydrogen-bond acceptors (Lipinski definition) is 5. The van der Waals surface area contributed by atoms with E-state index in [-0.39, 0.29) is 5.91 Å². The summed E-state index contributed by atoms with van der Waals surface area (Å²) in [4.78, 5) is 14.6. The molecule has 1 heterocycles. The topological polar surface area (TPSA) is 63.2 Å². The molecular weight excluding hydrogens is 410 g/mol. The quantitative estimate of drug-likeness (QED) is 0.563. The molecule has 0 saturated carbocycles. The SMILES string of the molecule is COc1ccc(Br)cc1C=NNC(=O)c1ccc(CN2CCOCC2)cc1. The van der Waals surface area contributed by atoms with E-state index in [1.54, 1.807) is 13.3 Å². The van der Waals surface area contributed by atoms with E-state index in [0.717, 1.165) is 42.9 Å². The first kappa shape index (κ1) is 19.5. The molecule has 1 N–H and O–H groups in total. The van der Waals surface area contributed by atoms with Gasteiger partial charge >= 0.3 is 0 Å². The second-order valence-electron chi connectivity index (χ2n) is 6.17. The minimum atomic E-state index is -0.252. The highest BCUT2D eigenvalue weighted by atomic mass is 79.9. The number of nitrogens with one attached hydrogen (secondary N) is 1. The lowest BCUT2D eigenvalue weighted by atomic mass is 10.1. The zero-order valence-electron chi connectivity index (χ0n) is 15.2. The maximum absolute atomic E-state index is 12.3. The molecule has 27 heavy (non-hydrogen) atoms. The van der Waals surface area contributed by atoms with Gasteiger partial charge in [-0.15, -0.1) is 0 Å². The largest absolute Gasteiger partial charge is 0.496 e. The van der Waals surface area contributed by atoms with E-state index in [1.807, 2.05) is 42.5 Å². The molecule has 6 nitrogen and oxygen atoms in total. The summed E-state index contributed by atoms with van der Waals surface area (Å²) >= 11 is 3.41. The highest BCUT2D eigenvalue weighted by Crippen LogP contribution is 2.21. The number of nitrogens with zero attached hydrogens (tertiary/aromatic N) is 2. The van der Waals surface area contributed by atoms with Gasteiger partial charge in [-0.3, -0.25) is 9.69 Å². The Balaban J connectivity index is 1.57. The molecule has 0 aliphatic carbocycles. The summed E-state index contributed by atoms with van der Waals surface area (Å²) in [6, 6.07) is 13.2. The van der Waals surface area contributed by atoms with Crippen molar-refractivity contribution in [3.63, 3.8) is 0 Å². The van der Waals surface area contributed by atoms with Crippen LogP contribution in [0.25, 0.3) is 0 Å². The monoisotopic (exact) mass is 431 g/mol. The van der Waals surface area contributed by atoms with Gasteiger partial charge in [0, 0.05) is 35.2 Å². The van der Waals surface area contributed by atoms with Crippen molar-refractivity contribution in [2.45, 2.75) is 6.54 Å². The Morgan fingerprint density at radius 3 is 2.70 bits per heavy atom. The van der Waals surface area contributed by atoms with Gasteiger partial charge in [-0.2, -0.15) is 5.10 Å². The van der Waals surface area contributed by atoms with Crippen molar-refractivity contribution in [3.05, 3.63) is 63.6 Å². The first-order valence-corrected chi connectivity index (χ1v) is 9.51. The van der Waals surface area contributed by atoms with E-state index in [9.17, 15) is 4.79 Å².